The minimum Gasteiger partial charge on any atom is -0.806 e. The molecule has 0 unspecified atom stereocenters. The van der Waals surface area contributed by atoms with Crippen molar-refractivity contribution in [1.29, 1.82) is 0 Å². The molecule has 0 amide bonds. The van der Waals surface area contributed by atoms with Crippen LogP contribution in [0.25, 0.3) is 0 Å². The van der Waals surface area contributed by atoms with E-state index in [0.29, 0.717) is 20.6 Å². The van der Waals surface area contributed by atoms with E-state index in [4.69, 9.17) is 0 Å². The smallest absolute Gasteiger partial charge is 0.229 e. The van der Waals surface area contributed by atoms with Gasteiger partial charge in [0.1, 0.15) is 0 Å². The zero-order valence-corrected chi connectivity index (χ0v) is 8.22. The molecule has 0 spiro atoms. The molecule has 0 N–H and O–H groups in total. The fourth-order valence-electron chi connectivity index (χ4n) is 1.06. The molecule has 1 aliphatic heterocycles. The van der Waals surface area contributed by atoms with Gasteiger partial charge in [0.25, 0.3) is 0 Å². The summed E-state index contributed by atoms with van der Waals surface area (Å²) in [5.74, 6) is 0. The van der Waals surface area contributed by atoms with E-state index in [1.54, 1.807) is 24.3 Å². The van der Waals surface area contributed by atoms with Crippen molar-refractivity contribution in [2.24, 2.45) is 10.2 Å². The highest BCUT2D eigenvalue weighted by Gasteiger charge is 2.04. The number of aromatic nitrogens is 1. The lowest BCUT2D eigenvalue weighted by atomic mass is 10.3. The lowest BCUT2D eigenvalue weighted by Gasteiger charge is -2.06. The van der Waals surface area contributed by atoms with E-state index < -0.39 is 0 Å². The van der Waals surface area contributed by atoms with Gasteiger partial charge in [-0.15, -0.1) is 0 Å². The minimum atomic E-state index is 0.575. The van der Waals surface area contributed by atoms with Gasteiger partial charge in [0.2, 0.25) is 12.4 Å². The molecule has 2 heterocycles. The van der Waals surface area contributed by atoms with Crippen molar-refractivity contribution in [3.63, 3.8) is 0 Å². The van der Waals surface area contributed by atoms with Crippen LogP contribution in [0, 0.1) is 10.1 Å². The number of nitrogens with zero attached hydrogens (tertiary/aromatic N) is 4. The lowest BCUT2D eigenvalue weighted by Crippen LogP contribution is -2.03. The summed E-state index contributed by atoms with van der Waals surface area (Å²) in [5.41, 5.74) is 0.575. The zero-order valence-electron chi connectivity index (χ0n) is 8.22. The molecule has 0 saturated carbocycles. The normalized spacial score (nSPS) is 14.0. The standard InChI is InChI=1S/C10H8N4O2/c15-13-5-1-9(2-6-13)11-12-10-3-7-14(16)8-4-10/h1-8H. The van der Waals surface area contributed by atoms with E-state index in [1.807, 2.05) is 0 Å². The molecular formula is C10H8N4O2. The summed E-state index contributed by atoms with van der Waals surface area (Å²) in [4.78, 5) is 10.7. The fraction of sp³-hybridized carbons (Fsp3) is 0. The number of hydrogen-bond acceptors (Lipinski definition) is 4. The molecular weight excluding hydrogens is 208 g/mol. The van der Waals surface area contributed by atoms with Crippen LogP contribution in [0.2, 0.25) is 0 Å². The molecule has 6 nitrogen and oxygen atoms in total. The van der Waals surface area contributed by atoms with Gasteiger partial charge >= 0.3 is 0 Å². The highest BCUT2D eigenvalue weighted by molar-refractivity contribution is 6.03. The van der Waals surface area contributed by atoms with E-state index in [-0.39, 0.29) is 0 Å². The van der Waals surface area contributed by atoms with Crippen LogP contribution in [-0.4, -0.2) is 15.2 Å². The van der Waals surface area contributed by atoms with Crippen molar-refractivity contribution in [1.82, 2.24) is 4.73 Å². The first-order valence-electron chi connectivity index (χ1n) is 4.53. The number of nitroso groups, excluding NO2 is 1. The second kappa shape index (κ2) is 4.35. The molecule has 0 saturated heterocycles. The maximum absolute atomic E-state index is 10.7. The quantitative estimate of drug-likeness (QED) is 0.517. The third kappa shape index (κ3) is 2.50. The first kappa shape index (κ1) is 10.0. The summed E-state index contributed by atoms with van der Waals surface area (Å²) < 4.78 is 1.34. The van der Waals surface area contributed by atoms with Gasteiger partial charge < -0.3 is 9.94 Å². The molecule has 1 aromatic heterocycles. The molecule has 1 aliphatic rings. The average molecular weight is 216 g/mol. The van der Waals surface area contributed by atoms with Crippen LogP contribution in [0.1, 0.15) is 0 Å². The largest absolute Gasteiger partial charge is 0.806 e. The van der Waals surface area contributed by atoms with Crippen molar-refractivity contribution in [3.05, 3.63) is 64.5 Å². The third-order valence-electron chi connectivity index (χ3n) is 1.85. The Kier molecular flexibility index (Phi) is 2.73. The van der Waals surface area contributed by atoms with E-state index in [0.717, 1.165) is 0 Å². The zero-order chi connectivity index (χ0) is 11.4. The summed E-state index contributed by atoms with van der Waals surface area (Å²) >= 11 is 0. The number of pyridine rings is 1. The van der Waals surface area contributed by atoms with Gasteiger partial charge in [-0.05, 0) is 12.1 Å². The molecule has 0 fully saturated rings. The molecule has 16 heavy (non-hydrogen) atoms. The Balaban J connectivity index is 2.23. The van der Waals surface area contributed by atoms with Crippen molar-refractivity contribution >= 4 is 5.71 Å². The molecule has 2 rings (SSSR count). The molecule has 0 radical (unpaired) electrons. The molecule has 80 valence electrons. The topological polar surface area (TPSA) is 72.8 Å². The summed E-state index contributed by atoms with van der Waals surface area (Å²) in [6.45, 7) is 0. The molecule has 1 aromatic rings. The second-order valence-electron chi connectivity index (χ2n) is 3.03. The Labute approximate surface area is 90.7 Å². The van der Waals surface area contributed by atoms with Crippen molar-refractivity contribution in [2.45, 2.75) is 0 Å². The molecule has 0 aliphatic carbocycles. The van der Waals surface area contributed by atoms with Gasteiger partial charge in [-0.3, -0.25) is 0 Å². The van der Waals surface area contributed by atoms with E-state index in [2.05, 4.69) is 10.2 Å². The van der Waals surface area contributed by atoms with Gasteiger partial charge in [0.15, 0.2) is 0 Å². The van der Waals surface area contributed by atoms with Gasteiger partial charge in [-0.25, -0.2) is 0 Å². The highest BCUT2D eigenvalue weighted by atomic mass is 16.5. The first-order chi connectivity index (χ1) is 7.74. The Hall–Kier alpha value is -2.50. The van der Waals surface area contributed by atoms with Gasteiger partial charge in [0.05, 0.1) is 15.8 Å². The molecule has 0 aromatic carbocycles. The predicted molar refractivity (Wildman–Crippen MR) is 58.1 cm³/mol. The minimum absolute atomic E-state index is 0.575. The fourth-order valence-corrected chi connectivity index (χ4v) is 1.06. The van der Waals surface area contributed by atoms with Gasteiger partial charge in [-0.2, -0.15) is 10.2 Å². The number of hydrogen-bond donors (Lipinski definition) is 0. The van der Waals surface area contributed by atoms with Crippen LogP contribution >= 0.6 is 0 Å². The van der Waals surface area contributed by atoms with Gasteiger partial charge in [-0.1, -0.05) is 0 Å². The Morgan fingerprint density at radius 2 is 1.75 bits per heavy atom. The Morgan fingerprint density at radius 3 is 2.38 bits per heavy atom. The third-order valence-corrected chi connectivity index (χ3v) is 1.85. The van der Waals surface area contributed by atoms with Crippen LogP contribution in [0.4, 0.5) is 0 Å². The van der Waals surface area contributed by atoms with E-state index >= 15 is 0 Å². The van der Waals surface area contributed by atoms with Crippen molar-refractivity contribution < 1.29 is 4.76 Å². The maximum Gasteiger partial charge on any atom is 0.229 e. The lowest BCUT2D eigenvalue weighted by molar-refractivity contribution is -0.402. The predicted octanol–water partition coefficient (Wildman–Crippen LogP) is 0.911. The number of allylic oxidation sites excluding steroid dienone is 2. The second-order valence-corrected chi connectivity index (χ2v) is 3.03. The van der Waals surface area contributed by atoms with Crippen LogP contribution in [0.3, 0.4) is 0 Å². The average Bonchev–Trinajstić information content (AvgIpc) is 2.30. The molecule has 0 bridgehead atoms. The van der Waals surface area contributed by atoms with Crippen molar-refractivity contribution in [3.8, 4) is 0 Å². The van der Waals surface area contributed by atoms with Crippen LogP contribution in [-0.2, 0) is 0 Å². The van der Waals surface area contributed by atoms with Crippen LogP contribution in [0.15, 0.2) is 59.3 Å². The number of rotatable bonds is 1. The van der Waals surface area contributed by atoms with Gasteiger partial charge in [0, 0.05) is 29.5 Å². The van der Waals surface area contributed by atoms with Crippen LogP contribution in [0.5, 0.6) is 0 Å². The first-order valence-corrected chi connectivity index (χ1v) is 4.53. The SMILES string of the molecule is O=[N+]1C=CC(=NN=c2ccn([O-])cc2)C=C1. The summed E-state index contributed by atoms with van der Waals surface area (Å²) in [7, 11) is 0. The molecule has 0 atom stereocenters. The maximum atomic E-state index is 10.7. The van der Waals surface area contributed by atoms with E-state index in [1.165, 1.54) is 24.8 Å². The highest BCUT2D eigenvalue weighted by Crippen LogP contribution is 1.94. The van der Waals surface area contributed by atoms with E-state index in [9.17, 15) is 10.1 Å². The summed E-state index contributed by atoms with van der Waals surface area (Å²) in [6, 6.07) is 3.10. The summed E-state index contributed by atoms with van der Waals surface area (Å²) in [6.07, 6.45) is 8.45. The Bertz CT molecular complexity index is 528. The Morgan fingerprint density at radius 1 is 1.12 bits per heavy atom. The molecule has 6 heteroatoms. The monoisotopic (exact) mass is 216 g/mol. The van der Waals surface area contributed by atoms with Crippen molar-refractivity contribution in [2.75, 3.05) is 0 Å². The summed E-state index contributed by atoms with van der Waals surface area (Å²) in [5, 5.41) is 19.1. The van der Waals surface area contributed by atoms with Crippen LogP contribution < -0.4 is 5.36 Å².